The second-order valence-corrected chi connectivity index (χ2v) is 4.68. The molecule has 102 valence electrons. The third-order valence-corrected chi connectivity index (χ3v) is 3.32. The molecule has 0 radical (unpaired) electrons. The largest absolute Gasteiger partial charge is 0.465 e. The Morgan fingerprint density at radius 2 is 2.10 bits per heavy atom. The second kappa shape index (κ2) is 5.14. The highest BCUT2D eigenvalue weighted by molar-refractivity contribution is 6.20. The van der Waals surface area contributed by atoms with Gasteiger partial charge in [0.25, 0.3) is 0 Å². The lowest BCUT2D eigenvalue weighted by Crippen LogP contribution is -2.03. The smallest absolute Gasteiger partial charge is 0.206 e. The number of fused-ring (bicyclic) bond motifs is 1. The maximum absolute atomic E-state index is 12.6. The summed E-state index contributed by atoms with van der Waals surface area (Å²) in [6.45, 7) is 1.83. The molecule has 4 nitrogen and oxygen atoms in total. The van der Waals surface area contributed by atoms with Crippen LogP contribution < -0.4 is 0 Å². The summed E-state index contributed by atoms with van der Waals surface area (Å²) in [4.78, 5) is 15.8. The van der Waals surface area contributed by atoms with Gasteiger partial charge in [0.2, 0.25) is 5.78 Å². The minimum atomic E-state index is -0.302. The van der Waals surface area contributed by atoms with Gasteiger partial charge in [0, 0.05) is 22.7 Å². The number of aryl methyl sites for hydroxylation is 1. The van der Waals surface area contributed by atoms with E-state index in [1.54, 1.807) is 12.1 Å². The minimum Gasteiger partial charge on any atom is -0.465 e. The molecule has 0 saturated carbocycles. The number of carbonyl (C=O) groups is 1. The number of benzene rings is 1. The van der Waals surface area contributed by atoms with Gasteiger partial charge >= 0.3 is 0 Å². The molecule has 0 aliphatic carbocycles. The van der Waals surface area contributed by atoms with Crippen molar-refractivity contribution in [2.24, 2.45) is 0 Å². The van der Waals surface area contributed by atoms with Crippen molar-refractivity contribution in [1.29, 1.82) is 5.26 Å². The molecule has 0 aliphatic rings. The van der Waals surface area contributed by atoms with E-state index in [0.717, 1.165) is 16.6 Å². The fourth-order valence-corrected chi connectivity index (χ4v) is 2.37. The summed E-state index contributed by atoms with van der Waals surface area (Å²) in [5.74, 6) is 0.182. The van der Waals surface area contributed by atoms with Crippen molar-refractivity contribution in [1.82, 2.24) is 4.98 Å². The number of H-pyrrole nitrogens is 1. The van der Waals surface area contributed by atoms with Crippen LogP contribution in [-0.2, 0) is 0 Å². The lowest BCUT2D eigenvalue weighted by molar-refractivity contribution is 0.104. The van der Waals surface area contributed by atoms with Crippen LogP contribution in [0.25, 0.3) is 17.0 Å². The van der Waals surface area contributed by atoms with Gasteiger partial charge in [-0.2, -0.15) is 5.26 Å². The number of aromatic amines is 1. The van der Waals surface area contributed by atoms with E-state index in [1.165, 1.54) is 12.3 Å². The number of nitriles is 1. The Bertz CT molecular complexity index is 877. The summed E-state index contributed by atoms with van der Waals surface area (Å²) in [6, 6.07) is 12.9. The van der Waals surface area contributed by atoms with Gasteiger partial charge in [-0.25, -0.2) is 0 Å². The summed E-state index contributed by atoms with van der Waals surface area (Å²) in [6.07, 6.45) is 2.96. The Morgan fingerprint density at radius 1 is 1.29 bits per heavy atom. The lowest BCUT2D eigenvalue weighted by Gasteiger charge is -1.99. The predicted molar refractivity (Wildman–Crippen MR) is 79.7 cm³/mol. The molecule has 1 N–H and O–H groups in total. The maximum atomic E-state index is 12.6. The van der Waals surface area contributed by atoms with Gasteiger partial charge in [-0.1, -0.05) is 18.2 Å². The summed E-state index contributed by atoms with van der Waals surface area (Å²) in [5, 5.41) is 10.1. The molecule has 0 fully saturated rings. The number of allylic oxidation sites excluding steroid dienone is 1. The quantitative estimate of drug-likeness (QED) is 0.448. The van der Waals surface area contributed by atoms with Crippen molar-refractivity contribution in [3.8, 4) is 6.07 Å². The first-order valence-corrected chi connectivity index (χ1v) is 6.48. The first-order chi connectivity index (χ1) is 10.2. The van der Waals surface area contributed by atoms with E-state index in [0.29, 0.717) is 11.3 Å². The molecular formula is C17H12N2O2. The summed E-state index contributed by atoms with van der Waals surface area (Å²) in [7, 11) is 0. The predicted octanol–water partition coefficient (Wildman–Crippen LogP) is 3.86. The van der Waals surface area contributed by atoms with E-state index in [2.05, 4.69) is 4.98 Å². The number of nitrogens with zero attached hydrogens (tertiary/aromatic N) is 1. The normalized spacial score (nSPS) is 11.5. The van der Waals surface area contributed by atoms with Crippen LogP contribution in [0.15, 0.2) is 52.7 Å². The molecule has 0 saturated heterocycles. The van der Waals surface area contributed by atoms with Crippen molar-refractivity contribution in [2.45, 2.75) is 6.92 Å². The molecule has 3 aromatic rings. The van der Waals surface area contributed by atoms with Gasteiger partial charge in [0.15, 0.2) is 0 Å². The first kappa shape index (κ1) is 12.9. The molecular weight excluding hydrogens is 264 g/mol. The van der Waals surface area contributed by atoms with Crippen LogP contribution in [0.2, 0.25) is 0 Å². The van der Waals surface area contributed by atoms with Crippen LogP contribution in [0.1, 0.15) is 21.8 Å². The van der Waals surface area contributed by atoms with Crippen molar-refractivity contribution < 1.29 is 9.21 Å². The topological polar surface area (TPSA) is 69.8 Å². The van der Waals surface area contributed by atoms with Gasteiger partial charge in [-0.15, -0.1) is 0 Å². The maximum Gasteiger partial charge on any atom is 0.206 e. The zero-order valence-electron chi connectivity index (χ0n) is 11.4. The molecule has 21 heavy (non-hydrogen) atoms. The second-order valence-electron chi connectivity index (χ2n) is 4.68. The van der Waals surface area contributed by atoms with E-state index in [1.807, 2.05) is 37.3 Å². The highest BCUT2D eigenvalue weighted by Crippen LogP contribution is 2.25. The number of ketones is 1. The van der Waals surface area contributed by atoms with E-state index in [4.69, 9.17) is 4.42 Å². The molecule has 0 aliphatic heterocycles. The van der Waals surface area contributed by atoms with Gasteiger partial charge in [0.05, 0.1) is 11.8 Å². The van der Waals surface area contributed by atoms with Gasteiger partial charge in [-0.05, 0) is 25.1 Å². The van der Waals surface area contributed by atoms with E-state index in [9.17, 15) is 10.1 Å². The molecule has 0 atom stereocenters. The van der Waals surface area contributed by atoms with E-state index in [-0.39, 0.29) is 11.4 Å². The van der Waals surface area contributed by atoms with E-state index < -0.39 is 0 Å². The fraction of sp³-hybridized carbons (Fsp3) is 0.0588. The molecule has 0 unspecified atom stereocenters. The lowest BCUT2D eigenvalue weighted by atomic mass is 10.0. The SMILES string of the molecule is Cc1[nH]c2ccccc2c1C(=O)/C(C#N)=C/c1ccco1. The highest BCUT2D eigenvalue weighted by atomic mass is 16.3. The third-order valence-electron chi connectivity index (χ3n) is 3.32. The summed E-state index contributed by atoms with van der Waals surface area (Å²) in [5.41, 5.74) is 2.22. The van der Waals surface area contributed by atoms with Crippen LogP contribution in [0.3, 0.4) is 0 Å². The number of aromatic nitrogens is 1. The van der Waals surface area contributed by atoms with Gasteiger partial charge in [0.1, 0.15) is 17.4 Å². The molecule has 0 bridgehead atoms. The Kier molecular flexibility index (Phi) is 3.17. The monoisotopic (exact) mass is 276 g/mol. The Hall–Kier alpha value is -3.06. The van der Waals surface area contributed by atoms with Crippen LogP contribution >= 0.6 is 0 Å². The number of rotatable bonds is 3. The zero-order valence-corrected chi connectivity index (χ0v) is 11.4. The third kappa shape index (κ3) is 2.26. The molecule has 0 spiro atoms. The number of nitrogens with one attached hydrogen (secondary N) is 1. The molecule has 3 rings (SSSR count). The van der Waals surface area contributed by atoms with Crippen molar-refractivity contribution in [3.63, 3.8) is 0 Å². The van der Waals surface area contributed by atoms with Gasteiger partial charge in [-0.3, -0.25) is 4.79 Å². The first-order valence-electron chi connectivity index (χ1n) is 6.48. The zero-order chi connectivity index (χ0) is 14.8. The summed E-state index contributed by atoms with van der Waals surface area (Å²) < 4.78 is 5.16. The average Bonchev–Trinajstić information content (AvgIpc) is 3.10. The fourth-order valence-electron chi connectivity index (χ4n) is 2.37. The number of hydrogen-bond acceptors (Lipinski definition) is 3. The van der Waals surface area contributed by atoms with Crippen LogP contribution in [0.4, 0.5) is 0 Å². The molecule has 2 heterocycles. The summed E-state index contributed by atoms with van der Waals surface area (Å²) >= 11 is 0. The molecule has 1 aromatic carbocycles. The minimum absolute atomic E-state index is 0.0535. The van der Waals surface area contributed by atoms with Crippen LogP contribution in [-0.4, -0.2) is 10.8 Å². The Labute approximate surface area is 121 Å². The van der Waals surface area contributed by atoms with E-state index >= 15 is 0 Å². The molecule has 2 aromatic heterocycles. The van der Waals surface area contributed by atoms with Crippen molar-refractivity contribution in [2.75, 3.05) is 0 Å². The van der Waals surface area contributed by atoms with Crippen molar-refractivity contribution >= 4 is 22.8 Å². The number of furan rings is 1. The number of para-hydroxylation sites is 1. The highest BCUT2D eigenvalue weighted by Gasteiger charge is 2.19. The number of Topliss-reactive ketones (excluding diaryl/α,β-unsaturated/α-hetero) is 1. The Balaban J connectivity index is 2.12. The van der Waals surface area contributed by atoms with Crippen LogP contribution in [0, 0.1) is 18.3 Å². The average molecular weight is 276 g/mol. The van der Waals surface area contributed by atoms with Crippen LogP contribution in [0.5, 0.6) is 0 Å². The number of carbonyl (C=O) groups excluding carboxylic acids is 1. The molecule has 0 amide bonds. The molecule has 4 heteroatoms. The van der Waals surface area contributed by atoms with Gasteiger partial charge < -0.3 is 9.40 Å². The standard InChI is InChI=1S/C17H12N2O2/c1-11-16(14-6-2-3-7-15(14)19-11)17(20)12(10-18)9-13-5-4-8-21-13/h2-9,19H,1H3/b12-9+. The number of hydrogen-bond donors (Lipinski definition) is 1. The Morgan fingerprint density at radius 3 is 2.81 bits per heavy atom. The van der Waals surface area contributed by atoms with Crippen molar-refractivity contribution in [3.05, 3.63) is 65.3 Å².